The van der Waals surface area contributed by atoms with E-state index in [1.807, 2.05) is 0 Å². The molecule has 0 spiro atoms. The molecule has 0 unspecified atom stereocenters. The standard InChI is InChI=1S/C14H15F3N2O4/c15-14(16,17)7-23-11-6-8(3-4-18-11)12(20)19-10-2-1-9(5-10)13(21)22/h3-4,6,9-10H,1-2,5,7H2,(H,19,20)(H,21,22)/t9-,10+/m0/s1. The van der Waals surface area contributed by atoms with Gasteiger partial charge in [0.25, 0.3) is 5.91 Å². The third-order valence-electron chi connectivity index (χ3n) is 3.50. The van der Waals surface area contributed by atoms with Crippen LogP contribution in [0.25, 0.3) is 0 Å². The van der Waals surface area contributed by atoms with Crippen LogP contribution in [0.15, 0.2) is 18.3 Å². The van der Waals surface area contributed by atoms with Crippen molar-refractivity contribution < 1.29 is 32.6 Å². The summed E-state index contributed by atoms with van der Waals surface area (Å²) in [5.74, 6) is -2.18. The minimum absolute atomic E-state index is 0.107. The number of hydrogen-bond acceptors (Lipinski definition) is 4. The molecular formula is C14H15F3N2O4. The molecule has 1 amide bonds. The lowest BCUT2D eigenvalue weighted by molar-refractivity contribution is -0.154. The van der Waals surface area contributed by atoms with Crippen molar-refractivity contribution in [1.29, 1.82) is 0 Å². The molecule has 6 nitrogen and oxygen atoms in total. The van der Waals surface area contributed by atoms with Gasteiger partial charge < -0.3 is 15.2 Å². The van der Waals surface area contributed by atoms with E-state index in [-0.39, 0.29) is 17.5 Å². The minimum atomic E-state index is -4.49. The highest BCUT2D eigenvalue weighted by molar-refractivity contribution is 5.94. The first-order chi connectivity index (χ1) is 10.7. The van der Waals surface area contributed by atoms with E-state index in [0.29, 0.717) is 19.3 Å². The number of ether oxygens (including phenoxy) is 1. The summed E-state index contributed by atoms with van der Waals surface area (Å²) < 4.78 is 40.8. The Hall–Kier alpha value is -2.32. The maximum atomic E-state index is 12.1. The summed E-state index contributed by atoms with van der Waals surface area (Å²) in [6.07, 6.45) is -1.95. The van der Waals surface area contributed by atoms with Gasteiger partial charge in [-0.1, -0.05) is 0 Å². The highest BCUT2D eigenvalue weighted by atomic mass is 19.4. The zero-order valence-corrected chi connectivity index (χ0v) is 12.0. The fourth-order valence-electron chi connectivity index (χ4n) is 2.39. The first-order valence-electron chi connectivity index (χ1n) is 6.94. The van der Waals surface area contributed by atoms with E-state index in [2.05, 4.69) is 15.0 Å². The van der Waals surface area contributed by atoms with Crippen LogP contribution in [0.4, 0.5) is 13.2 Å². The Balaban J connectivity index is 1.93. The normalized spacial score (nSPS) is 21.0. The Morgan fingerprint density at radius 3 is 2.74 bits per heavy atom. The highest BCUT2D eigenvalue weighted by Gasteiger charge is 2.31. The Bertz CT molecular complexity index is 592. The number of aromatic nitrogens is 1. The molecule has 1 fully saturated rings. The van der Waals surface area contributed by atoms with E-state index >= 15 is 0 Å². The Morgan fingerprint density at radius 2 is 2.13 bits per heavy atom. The molecule has 1 saturated carbocycles. The van der Waals surface area contributed by atoms with Crippen molar-refractivity contribution in [3.8, 4) is 5.88 Å². The fraction of sp³-hybridized carbons (Fsp3) is 0.500. The highest BCUT2D eigenvalue weighted by Crippen LogP contribution is 2.26. The molecule has 2 rings (SSSR count). The predicted octanol–water partition coefficient (Wildman–Crippen LogP) is 2.01. The average Bonchev–Trinajstić information content (AvgIpc) is 2.93. The van der Waals surface area contributed by atoms with Gasteiger partial charge in [0.1, 0.15) is 0 Å². The number of nitrogens with zero attached hydrogens (tertiary/aromatic N) is 1. The predicted molar refractivity (Wildman–Crippen MR) is 72.0 cm³/mol. The molecule has 2 N–H and O–H groups in total. The molecule has 1 heterocycles. The smallest absolute Gasteiger partial charge is 0.422 e. The lowest BCUT2D eigenvalue weighted by Gasteiger charge is -2.13. The second kappa shape index (κ2) is 6.84. The van der Waals surface area contributed by atoms with E-state index in [1.54, 1.807) is 0 Å². The summed E-state index contributed by atoms with van der Waals surface area (Å²) in [7, 11) is 0. The van der Waals surface area contributed by atoms with E-state index in [1.165, 1.54) is 12.3 Å². The zero-order chi connectivity index (χ0) is 17.0. The van der Waals surface area contributed by atoms with Crippen molar-refractivity contribution in [2.75, 3.05) is 6.61 Å². The first kappa shape index (κ1) is 17.0. The fourth-order valence-corrected chi connectivity index (χ4v) is 2.39. The minimum Gasteiger partial charge on any atom is -0.481 e. The van der Waals surface area contributed by atoms with E-state index in [9.17, 15) is 22.8 Å². The van der Waals surface area contributed by atoms with Crippen LogP contribution >= 0.6 is 0 Å². The molecule has 126 valence electrons. The van der Waals surface area contributed by atoms with Gasteiger partial charge in [0.2, 0.25) is 5.88 Å². The monoisotopic (exact) mass is 332 g/mol. The number of amides is 1. The van der Waals surface area contributed by atoms with Gasteiger partial charge in [-0.15, -0.1) is 0 Å². The number of carbonyl (C=O) groups excluding carboxylic acids is 1. The molecule has 0 radical (unpaired) electrons. The van der Waals surface area contributed by atoms with Crippen molar-refractivity contribution in [3.63, 3.8) is 0 Å². The second-order valence-electron chi connectivity index (χ2n) is 5.31. The summed E-state index contributed by atoms with van der Waals surface area (Å²) in [5, 5.41) is 11.6. The number of hydrogen-bond donors (Lipinski definition) is 2. The van der Waals surface area contributed by atoms with Crippen molar-refractivity contribution in [2.24, 2.45) is 5.92 Å². The van der Waals surface area contributed by atoms with E-state index in [4.69, 9.17) is 5.11 Å². The average molecular weight is 332 g/mol. The largest absolute Gasteiger partial charge is 0.481 e. The zero-order valence-electron chi connectivity index (χ0n) is 12.0. The number of aliphatic carboxylic acids is 1. The van der Waals surface area contributed by atoms with E-state index < -0.39 is 30.6 Å². The van der Waals surface area contributed by atoms with Gasteiger partial charge in [-0.05, 0) is 25.3 Å². The van der Waals surface area contributed by atoms with E-state index in [0.717, 1.165) is 6.07 Å². The molecule has 0 aliphatic heterocycles. The molecule has 2 atom stereocenters. The van der Waals surface area contributed by atoms with Crippen LogP contribution in [0.2, 0.25) is 0 Å². The molecule has 23 heavy (non-hydrogen) atoms. The summed E-state index contributed by atoms with van der Waals surface area (Å²) in [5.41, 5.74) is 0.107. The van der Waals surface area contributed by atoms with Crippen LogP contribution in [0.5, 0.6) is 5.88 Å². The van der Waals surface area contributed by atoms with Crippen molar-refractivity contribution in [2.45, 2.75) is 31.5 Å². The number of alkyl halides is 3. The van der Waals surface area contributed by atoms with Gasteiger partial charge in [-0.25, -0.2) is 4.98 Å². The van der Waals surface area contributed by atoms with Gasteiger partial charge >= 0.3 is 12.1 Å². The number of nitrogens with one attached hydrogen (secondary N) is 1. The van der Waals surface area contributed by atoms with Crippen LogP contribution in [0, 0.1) is 5.92 Å². The topological polar surface area (TPSA) is 88.5 Å². The number of carboxylic acids is 1. The SMILES string of the molecule is O=C(N[C@@H]1CC[C@H](C(=O)O)C1)c1ccnc(OCC(F)(F)F)c1. The van der Waals surface area contributed by atoms with Crippen LogP contribution in [-0.2, 0) is 4.79 Å². The van der Waals surface area contributed by atoms with Crippen molar-refractivity contribution >= 4 is 11.9 Å². The first-order valence-corrected chi connectivity index (χ1v) is 6.94. The summed E-state index contributed by atoms with van der Waals surface area (Å²) in [6, 6.07) is 2.20. The van der Waals surface area contributed by atoms with Gasteiger partial charge in [-0.2, -0.15) is 13.2 Å². The van der Waals surface area contributed by atoms with Crippen molar-refractivity contribution in [1.82, 2.24) is 10.3 Å². The number of carboxylic acid groups (broad SMARTS) is 1. The maximum absolute atomic E-state index is 12.1. The molecule has 1 aliphatic carbocycles. The molecule has 0 aromatic carbocycles. The summed E-state index contributed by atoms with van der Waals surface area (Å²) in [4.78, 5) is 26.5. The molecule has 1 aromatic rings. The third kappa shape index (κ3) is 5.11. The summed E-state index contributed by atoms with van der Waals surface area (Å²) >= 11 is 0. The molecule has 9 heteroatoms. The van der Waals surface area contributed by atoms with Gasteiger partial charge in [0.05, 0.1) is 5.92 Å². The maximum Gasteiger partial charge on any atom is 0.422 e. The molecule has 0 saturated heterocycles. The van der Waals surface area contributed by atoms with Gasteiger partial charge in [0.15, 0.2) is 6.61 Å². The molecule has 1 aliphatic rings. The van der Waals surface area contributed by atoms with Crippen LogP contribution in [-0.4, -0.2) is 40.8 Å². The molecule has 1 aromatic heterocycles. The second-order valence-corrected chi connectivity index (χ2v) is 5.31. The lowest BCUT2D eigenvalue weighted by Crippen LogP contribution is -2.33. The number of pyridine rings is 1. The number of rotatable bonds is 5. The Labute approximate surface area is 129 Å². The lowest BCUT2D eigenvalue weighted by atomic mass is 10.1. The number of halogens is 3. The number of carbonyl (C=O) groups is 2. The van der Waals surface area contributed by atoms with Crippen LogP contribution in [0.1, 0.15) is 29.6 Å². The van der Waals surface area contributed by atoms with Gasteiger partial charge in [0, 0.05) is 23.9 Å². The molecule has 0 bridgehead atoms. The van der Waals surface area contributed by atoms with Crippen LogP contribution < -0.4 is 10.1 Å². The quantitative estimate of drug-likeness (QED) is 0.861. The van der Waals surface area contributed by atoms with Crippen molar-refractivity contribution in [3.05, 3.63) is 23.9 Å². The van der Waals surface area contributed by atoms with Crippen LogP contribution in [0.3, 0.4) is 0 Å². The third-order valence-corrected chi connectivity index (χ3v) is 3.50. The molecular weight excluding hydrogens is 317 g/mol. The van der Waals surface area contributed by atoms with Gasteiger partial charge in [-0.3, -0.25) is 9.59 Å². The Kier molecular flexibility index (Phi) is 5.07. The Morgan fingerprint density at radius 1 is 1.39 bits per heavy atom. The summed E-state index contributed by atoms with van der Waals surface area (Å²) in [6.45, 7) is -1.49.